The lowest BCUT2D eigenvalue weighted by molar-refractivity contribution is 0.580. The lowest BCUT2D eigenvalue weighted by Crippen LogP contribution is -1.93. The monoisotopic (exact) mass is 322 g/mol. The van der Waals surface area contributed by atoms with E-state index in [-0.39, 0.29) is 0 Å². The van der Waals surface area contributed by atoms with Crippen LogP contribution in [-0.4, -0.2) is 0 Å². The molecule has 2 aromatic rings. The second kappa shape index (κ2) is 4.82. The van der Waals surface area contributed by atoms with Crippen molar-refractivity contribution in [2.24, 2.45) is 0 Å². The number of rotatable bonds is 2. The summed E-state index contributed by atoms with van der Waals surface area (Å²) in [6.07, 6.45) is 0. The van der Waals surface area contributed by atoms with E-state index in [1.54, 1.807) is 0 Å². The van der Waals surface area contributed by atoms with Gasteiger partial charge in [-0.2, -0.15) is 0 Å². The van der Waals surface area contributed by atoms with Gasteiger partial charge in [-0.25, -0.2) is 8.78 Å². The van der Waals surface area contributed by atoms with Crippen molar-refractivity contribution in [2.45, 2.75) is 5.38 Å². The average Bonchev–Trinajstić information content (AvgIpc) is 2.62. The summed E-state index contributed by atoms with van der Waals surface area (Å²) in [5.74, 6) is -1.23. The average molecular weight is 324 g/mol. The summed E-state index contributed by atoms with van der Waals surface area (Å²) in [7, 11) is 0. The number of hydrogen-bond donors (Lipinski definition) is 0. The lowest BCUT2D eigenvalue weighted by Gasteiger charge is -2.09. The van der Waals surface area contributed by atoms with Crippen LogP contribution in [0.4, 0.5) is 8.78 Å². The van der Waals surface area contributed by atoms with Crippen molar-refractivity contribution < 1.29 is 8.78 Å². The molecular weight excluding hydrogens is 318 g/mol. The normalized spacial score (nSPS) is 12.8. The van der Waals surface area contributed by atoms with Crippen LogP contribution in [0.3, 0.4) is 0 Å². The van der Waals surface area contributed by atoms with Gasteiger partial charge in [-0.05, 0) is 45.1 Å². The summed E-state index contributed by atoms with van der Waals surface area (Å²) in [6.45, 7) is 0. The Labute approximate surface area is 109 Å². The Morgan fingerprint density at radius 3 is 2.31 bits per heavy atom. The van der Waals surface area contributed by atoms with E-state index < -0.39 is 17.0 Å². The minimum Gasteiger partial charge on any atom is -0.207 e. The zero-order chi connectivity index (χ0) is 11.7. The molecule has 0 fully saturated rings. The molecule has 0 saturated heterocycles. The highest BCUT2D eigenvalue weighted by molar-refractivity contribution is 9.10. The Morgan fingerprint density at radius 2 is 1.81 bits per heavy atom. The van der Waals surface area contributed by atoms with Crippen LogP contribution in [0.15, 0.2) is 34.1 Å². The summed E-state index contributed by atoms with van der Waals surface area (Å²) >= 11 is 10.9. The molecule has 0 aliphatic rings. The number of alkyl halides is 1. The quantitative estimate of drug-likeness (QED) is 0.673. The topological polar surface area (TPSA) is 0 Å². The maximum absolute atomic E-state index is 13.0. The highest BCUT2D eigenvalue weighted by atomic mass is 79.9. The van der Waals surface area contributed by atoms with Crippen molar-refractivity contribution in [3.63, 3.8) is 0 Å². The summed E-state index contributed by atoms with van der Waals surface area (Å²) < 4.78 is 26.9. The summed E-state index contributed by atoms with van der Waals surface area (Å²) in [5, 5.41) is 1.32. The predicted octanol–water partition coefficient (Wildman–Crippen LogP) is 5.12. The van der Waals surface area contributed by atoms with Gasteiger partial charge in [0.2, 0.25) is 0 Å². The molecule has 1 unspecified atom stereocenters. The highest BCUT2D eigenvalue weighted by Gasteiger charge is 2.16. The minimum absolute atomic E-state index is 0.419. The van der Waals surface area contributed by atoms with Gasteiger partial charge >= 0.3 is 0 Å². The molecule has 0 aliphatic carbocycles. The second-order valence-electron chi connectivity index (χ2n) is 3.20. The van der Waals surface area contributed by atoms with E-state index in [2.05, 4.69) is 15.9 Å². The van der Waals surface area contributed by atoms with E-state index in [0.717, 1.165) is 15.4 Å². The fourth-order valence-electron chi connectivity index (χ4n) is 1.36. The van der Waals surface area contributed by atoms with Crippen LogP contribution < -0.4 is 0 Å². The van der Waals surface area contributed by atoms with Crippen LogP contribution in [0, 0.1) is 11.6 Å². The molecular formula is C11H6BrClF2S. The number of benzene rings is 1. The van der Waals surface area contributed by atoms with Crippen molar-refractivity contribution in [3.8, 4) is 0 Å². The molecule has 0 N–H and O–H groups in total. The third kappa shape index (κ3) is 2.44. The van der Waals surface area contributed by atoms with Crippen LogP contribution in [0.1, 0.15) is 15.8 Å². The number of thiophene rings is 1. The first-order valence-corrected chi connectivity index (χ1v) is 6.52. The molecule has 0 radical (unpaired) electrons. The van der Waals surface area contributed by atoms with Gasteiger partial charge in [0.15, 0.2) is 0 Å². The molecule has 5 heteroatoms. The van der Waals surface area contributed by atoms with Gasteiger partial charge in [0.1, 0.15) is 11.6 Å². The Bertz CT molecular complexity index is 492. The van der Waals surface area contributed by atoms with Crippen molar-refractivity contribution in [3.05, 3.63) is 56.2 Å². The molecule has 0 spiro atoms. The predicted molar refractivity (Wildman–Crippen MR) is 66.1 cm³/mol. The van der Waals surface area contributed by atoms with E-state index in [1.165, 1.54) is 23.5 Å². The van der Waals surface area contributed by atoms with E-state index in [4.69, 9.17) is 11.6 Å². The number of hydrogen-bond acceptors (Lipinski definition) is 1. The van der Waals surface area contributed by atoms with E-state index >= 15 is 0 Å². The molecule has 84 valence electrons. The first-order valence-electron chi connectivity index (χ1n) is 4.41. The first kappa shape index (κ1) is 12.0. The molecule has 0 amide bonds. The van der Waals surface area contributed by atoms with E-state index in [1.807, 2.05) is 11.4 Å². The van der Waals surface area contributed by atoms with Gasteiger partial charge in [0.25, 0.3) is 0 Å². The minimum atomic E-state index is -0.617. The fraction of sp³-hybridized carbons (Fsp3) is 0.0909. The van der Waals surface area contributed by atoms with Crippen molar-refractivity contribution in [1.29, 1.82) is 0 Å². The van der Waals surface area contributed by atoms with E-state index in [0.29, 0.717) is 5.56 Å². The Kier molecular flexibility index (Phi) is 3.62. The highest BCUT2D eigenvalue weighted by Crippen LogP contribution is 2.37. The molecule has 16 heavy (non-hydrogen) atoms. The Morgan fingerprint density at radius 1 is 1.19 bits per heavy atom. The maximum Gasteiger partial charge on any atom is 0.126 e. The zero-order valence-electron chi connectivity index (χ0n) is 7.88. The van der Waals surface area contributed by atoms with Crippen molar-refractivity contribution in [1.82, 2.24) is 0 Å². The van der Waals surface area contributed by atoms with E-state index in [9.17, 15) is 8.78 Å². The molecule has 0 bridgehead atoms. The summed E-state index contributed by atoms with van der Waals surface area (Å²) in [6, 6.07) is 5.17. The van der Waals surface area contributed by atoms with Crippen LogP contribution in [-0.2, 0) is 0 Å². The van der Waals surface area contributed by atoms with Crippen LogP contribution >= 0.6 is 38.9 Å². The summed E-state index contributed by atoms with van der Waals surface area (Å²) in [4.78, 5) is 0.840. The molecule has 1 aromatic carbocycles. The fourth-order valence-corrected chi connectivity index (χ4v) is 3.49. The molecule has 2 rings (SSSR count). The van der Waals surface area contributed by atoms with Gasteiger partial charge in [0.05, 0.1) is 5.38 Å². The Hall–Kier alpha value is -0.450. The van der Waals surface area contributed by atoms with Gasteiger partial charge in [-0.1, -0.05) is 0 Å². The number of halogens is 4. The van der Waals surface area contributed by atoms with Gasteiger partial charge in [0, 0.05) is 15.4 Å². The van der Waals surface area contributed by atoms with Gasteiger partial charge in [-0.15, -0.1) is 22.9 Å². The van der Waals surface area contributed by atoms with Crippen molar-refractivity contribution in [2.75, 3.05) is 0 Å². The molecule has 1 atom stereocenters. The Balaban J connectivity index is 2.41. The zero-order valence-corrected chi connectivity index (χ0v) is 11.0. The largest absolute Gasteiger partial charge is 0.207 e. The van der Waals surface area contributed by atoms with Crippen molar-refractivity contribution >= 4 is 38.9 Å². The lowest BCUT2D eigenvalue weighted by atomic mass is 10.1. The standard InChI is InChI=1S/C11H6BrClF2S/c12-9-1-2-16-11(9)10(13)6-3-7(14)5-8(15)4-6/h1-5,10H. The smallest absolute Gasteiger partial charge is 0.126 e. The third-order valence-corrected chi connectivity index (χ3v) is 4.59. The van der Waals surface area contributed by atoms with Crippen LogP contribution in [0.5, 0.6) is 0 Å². The maximum atomic E-state index is 13.0. The van der Waals surface area contributed by atoms with Gasteiger partial charge < -0.3 is 0 Å². The molecule has 0 aliphatic heterocycles. The van der Waals surface area contributed by atoms with Crippen LogP contribution in [0.25, 0.3) is 0 Å². The second-order valence-corrected chi connectivity index (χ2v) is 5.44. The first-order chi connectivity index (χ1) is 7.58. The molecule has 0 nitrogen and oxygen atoms in total. The molecule has 1 aromatic heterocycles. The SMILES string of the molecule is Fc1cc(F)cc(C(Cl)c2sccc2Br)c1. The van der Waals surface area contributed by atoms with Crippen LogP contribution in [0.2, 0.25) is 0 Å². The molecule has 0 saturated carbocycles. The van der Waals surface area contributed by atoms with Gasteiger partial charge in [-0.3, -0.25) is 0 Å². The summed E-state index contributed by atoms with van der Waals surface area (Å²) in [5.41, 5.74) is 0.419. The molecule has 1 heterocycles. The third-order valence-electron chi connectivity index (χ3n) is 2.05.